The number of aryl methyl sites for hydroxylation is 1. The molecule has 0 aliphatic carbocycles. The van der Waals surface area contributed by atoms with Gasteiger partial charge in [-0.2, -0.15) is 4.37 Å². The smallest absolute Gasteiger partial charge is 0.256 e. The maximum atomic E-state index is 12.6. The predicted octanol–water partition coefficient (Wildman–Crippen LogP) is 2.75. The van der Waals surface area contributed by atoms with Crippen LogP contribution in [0.2, 0.25) is 0 Å². The summed E-state index contributed by atoms with van der Waals surface area (Å²) in [4.78, 5) is 12.6. The molecule has 1 aromatic carbocycles. The van der Waals surface area contributed by atoms with E-state index in [2.05, 4.69) is 15.0 Å². The summed E-state index contributed by atoms with van der Waals surface area (Å²) in [5.74, 6) is 0.760. The lowest BCUT2D eigenvalue weighted by Gasteiger charge is -2.26. The van der Waals surface area contributed by atoms with Crippen LogP contribution in [0, 0.1) is 6.92 Å². The van der Waals surface area contributed by atoms with Crippen molar-refractivity contribution in [2.24, 2.45) is 0 Å². The molecule has 1 amide bonds. The van der Waals surface area contributed by atoms with Gasteiger partial charge in [0.1, 0.15) is 10.8 Å². The standard InChI is InChI=1S/C15H17N3O2S/c1-9-13(15(16-2)21-18-9)14(19)17-11-7-8-20-12-6-4-3-5-10(11)12/h3-6,11,16H,7-8H2,1-2H3,(H,17,19). The monoisotopic (exact) mass is 303 g/mol. The third kappa shape index (κ3) is 2.58. The lowest BCUT2D eigenvalue weighted by atomic mass is 10.00. The summed E-state index contributed by atoms with van der Waals surface area (Å²) in [7, 11) is 1.80. The number of nitrogens with one attached hydrogen (secondary N) is 2. The van der Waals surface area contributed by atoms with E-state index < -0.39 is 0 Å². The van der Waals surface area contributed by atoms with E-state index in [1.54, 1.807) is 7.05 Å². The number of aromatic nitrogens is 1. The highest BCUT2D eigenvalue weighted by Crippen LogP contribution is 2.32. The van der Waals surface area contributed by atoms with Gasteiger partial charge in [0.2, 0.25) is 0 Å². The van der Waals surface area contributed by atoms with Crippen LogP contribution in [-0.4, -0.2) is 23.9 Å². The zero-order valence-electron chi connectivity index (χ0n) is 12.0. The van der Waals surface area contributed by atoms with Gasteiger partial charge in [-0.1, -0.05) is 18.2 Å². The molecule has 0 saturated carbocycles. The zero-order valence-corrected chi connectivity index (χ0v) is 12.8. The van der Waals surface area contributed by atoms with Crippen molar-refractivity contribution >= 4 is 22.4 Å². The van der Waals surface area contributed by atoms with Crippen LogP contribution in [-0.2, 0) is 0 Å². The number of para-hydroxylation sites is 1. The van der Waals surface area contributed by atoms with Crippen molar-refractivity contribution in [2.75, 3.05) is 19.0 Å². The molecule has 1 aliphatic rings. The molecule has 21 heavy (non-hydrogen) atoms. The van der Waals surface area contributed by atoms with E-state index in [0.717, 1.165) is 28.4 Å². The molecule has 0 fully saturated rings. The van der Waals surface area contributed by atoms with Crippen molar-refractivity contribution in [1.82, 2.24) is 9.69 Å². The molecule has 1 aliphatic heterocycles. The van der Waals surface area contributed by atoms with Crippen molar-refractivity contribution < 1.29 is 9.53 Å². The molecule has 0 spiro atoms. The number of nitrogens with zero attached hydrogens (tertiary/aromatic N) is 1. The van der Waals surface area contributed by atoms with Crippen LogP contribution in [0.5, 0.6) is 5.75 Å². The van der Waals surface area contributed by atoms with Crippen LogP contribution in [0.4, 0.5) is 5.00 Å². The molecule has 1 atom stereocenters. The predicted molar refractivity (Wildman–Crippen MR) is 83.2 cm³/mol. The molecular formula is C15H17N3O2S. The Balaban J connectivity index is 1.84. The van der Waals surface area contributed by atoms with Gasteiger partial charge in [-0.25, -0.2) is 0 Å². The second-order valence-electron chi connectivity index (χ2n) is 4.92. The van der Waals surface area contributed by atoms with Crippen LogP contribution in [0.1, 0.15) is 34.1 Å². The molecule has 1 unspecified atom stereocenters. The number of carbonyl (C=O) groups is 1. The van der Waals surface area contributed by atoms with Crippen molar-refractivity contribution in [2.45, 2.75) is 19.4 Å². The van der Waals surface area contributed by atoms with E-state index >= 15 is 0 Å². The highest BCUT2D eigenvalue weighted by molar-refractivity contribution is 7.10. The maximum absolute atomic E-state index is 12.6. The first-order chi connectivity index (χ1) is 10.2. The van der Waals surface area contributed by atoms with Gasteiger partial charge in [-0.15, -0.1) is 0 Å². The third-order valence-corrected chi connectivity index (χ3v) is 4.54. The molecule has 6 heteroatoms. The highest BCUT2D eigenvalue weighted by atomic mass is 32.1. The van der Waals surface area contributed by atoms with E-state index in [4.69, 9.17) is 4.74 Å². The Morgan fingerprint density at radius 3 is 3.05 bits per heavy atom. The van der Waals surface area contributed by atoms with Crippen LogP contribution in [0.25, 0.3) is 0 Å². The fourth-order valence-electron chi connectivity index (χ4n) is 2.53. The molecule has 2 heterocycles. The fourth-order valence-corrected chi connectivity index (χ4v) is 3.27. The summed E-state index contributed by atoms with van der Waals surface area (Å²) in [5.41, 5.74) is 2.41. The van der Waals surface area contributed by atoms with Crippen molar-refractivity contribution in [3.05, 3.63) is 41.1 Å². The molecule has 0 radical (unpaired) electrons. The minimum absolute atomic E-state index is 0.0218. The molecule has 0 bridgehead atoms. The SMILES string of the molecule is CNc1snc(C)c1C(=O)NC1CCOc2ccccc21. The summed E-state index contributed by atoms with van der Waals surface area (Å²) in [5, 5.41) is 6.92. The van der Waals surface area contributed by atoms with E-state index in [0.29, 0.717) is 12.2 Å². The number of rotatable bonds is 3. The Morgan fingerprint density at radius 2 is 2.24 bits per heavy atom. The number of ether oxygens (including phenoxy) is 1. The number of benzene rings is 1. The summed E-state index contributed by atoms with van der Waals surface area (Å²) in [6, 6.07) is 7.81. The van der Waals surface area contributed by atoms with Gasteiger partial charge in [-0.05, 0) is 24.5 Å². The van der Waals surface area contributed by atoms with Gasteiger partial charge in [0.25, 0.3) is 5.91 Å². The van der Waals surface area contributed by atoms with Crippen LogP contribution in [0.15, 0.2) is 24.3 Å². The molecular weight excluding hydrogens is 286 g/mol. The first kappa shape index (κ1) is 13.9. The number of hydrogen-bond donors (Lipinski definition) is 2. The van der Waals surface area contributed by atoms with E-state index in [1.807, 2.05) is 31.2 Å². The average molecular weight is 303 g/mol. The van der Waals surface area contributed by atoms with Crippen molar-refractivity contribution in [3.63, 3.8) is 0 Å². The lowest BCUT2D eigenvalue weighted by molar-refractivity contribution is 0.0925. The Labute approximate surface area is 127 Å². The summed E-state index contributed by atoms with van der Waals surface area (Å²) < 4.78 is 9.86. The van der Waals surface area contributed by atoms with Crippen molar-refractivity contribution in [1.29, 1.82) is 0 Å². The van der Waals surface area contributed by atoms with E-state index in [-0.39, 0.29) is 11.9 Å². The summed E-state index contributed by atoms with van der Waals surface area (Å²) in [6.07, 6.45) is 0.772. The summed E-state index contributed by atoms with van der Waals surface area (Å²) >= 11 is 1.31. The minimum atomic E-state index is -0.0905. The Morgan fingerprint density at radius 1 is 1.43 bits per heavy atom. The molecule has 1 aromatic heterocycles. The second kappa shape index (κ2) is 5.73. The number of carbonyl (C=O) groups excluding carboxylic acids is 1. The van der Waals surface area contributed by atoms with Crippen LogP contribution < -0.4 is 15.4 Å². The van der Waals surface area contributed by atoms with Crippen LogP contribution >= 0.6 is 11.5 Å². The minimum Gasteiger partial charge on any atom is -0.493 e. The number of fused-ring (bicyclic) bond motifs is 1. The highest BCUT2D eigenvalue weighted by Gasteiger charge is 2.25. The molecule has 2 aromatic rings. The topological polar surface area (TPSA) is 63.2 Å². The van der Waals surface area contributed by atoms with Gasteiger partial charge < -0.3 is 15.4 Å². The number of amides is 1. The Bertz CT molecular complexity index is 669. The molecule has 2 N–H and O–H groups in total. The van der Waals surface area contributed by atoms with E-state index in [1.165, 1.54) is 11.5 Å². The first-order valence-corrected chi connectivity index (χ1v) is 7.64. The van der Waals surface area contributed by atoms with Gasteiger partial charge in [0.05, 0.1) is 23.9 Å². The van der Waals surface area contributed by atoms with Gasteiger partial charge in [0, 0.05) is 19.0 Å². The van der Waals surface area contributed by atoms with Crippen LogP contribution in [0.3, 0.4) is 0 Å². The van der Waals surface area contributed by atoms with Gasteiger partial charge in [-0.3, -0.25) is 4.79 Å². The Kier molecular flexibility index (Phi) is 3.79. The first-order valence-electron chi connectivity index (χ1n) is 6.87. The van der Waals surface area contributed by atoms with Crippen molar-refractivity contribution in [3.8, 4) is 5.75 Å². The normalized spacial score (nSPS) is 16.8. The zero-order chi connectivity index (χ0) is 14.8. The lowest BCUT2D eigenvalue weighted by Crippen LogP contribution is -2.32. The number of anilines is 1. The van der Waals surface area contributed by atoms with Gasteiger partial charge in [0.15, 0.2) is 0 Å². The maximum Gasteiger partial charge on any atom is 0.256 e. The molecule has 110 valence electrons. The third-order valence-electron chi connectivity index (χ3n) is 3.58. The number of hydrogen-bond acceptors (Lipinski definition) is 5. The van der Waals surface area contributed by atoms with E-state index in [9.17, 15) is 4.79 Å². The fraction of sp³-hybridized carbons (Fsp3) is 0.333. The molecule has 3 rings (SSSR count). The quantitative estimate of drug-likeness (QED) is 0.915. The molecule has 0 saturated heterocycles. The van der Waals surface area contributed by atoms with Gasteiger partial charge >= 0.3 is 0 Å². The Hall–Kier alpha value is -2.08. The molecule has 5 nitrogen and oxygen atoms in total. The second-order valence-corrected chi connectivity index (χ2v) is 5.70. The summed E-state index contributed by atoms with van der Waals surface area (Å²) in [6.45, 7) is 2.46. The average Bonchev–Trinajstić information content (AvgIpc) is 2.88. The largest absolute Gasteiger partial charge is 0.493 e.